The third-order valence-electron chi connectivity index (χ3n) is 6.30. The van der Waals surface area contributed by atoms with E-state index < -0.39 is 0 Å². The number of nitrogens with two attached hydrogens (primary N) is 1. The van der Waals surface area contributed by atoms with Crippen LogP contribution < -0.4 is 10.6 Å². The van der Waals surface area contributed by atoms with Crippen molar-refractivity contribution in [2.24, 2.45) is 0 Å². The van der Waals surface area contributed by atoms with Crippen LogP contribution in [0.2, 0.25) is 0 Å². The zero-order chi connectivity index (χ0) is 23.6. The number of carbonyl (C=O) groups is 1. The molecule has 1 aliphatic rings. The predicted molar refractivity (Wildman–Crippen MR) is 129 cm³/mol. The van der Waals surface area contributed by atoms with Crippen molar-refractivity contribution in [3.05, 3.63) is 65.1 Å². The molecular formula is C25H23N7O2. The number of nitrogens with zero attached hydrogens (tertiary/aromatic N) is 6. The number of carbonyl (C=O) groups excluding carboxylic acids is 1. The number of ketones is 1. The van der Waals surface area contributed by atoms with Gasteiger partial charge in [0.05, 0.1) is 18.3 Å². The van der Waals surface area contributed by atoms with Gasteiger partial charge >= 0.3 is 0 Å². The first kappa shape index (κ1) is 20.3. The van der Waals surface area contributed by atoms with Gasteiger partial charge in [0.25, 0.3) is 0 Å². The lowest BCUT2D eigenvalue weighted by Crippen LogP contribution is -2.32. The minimum Gasteiger partial charge on any atom is -0.446 e. The molecular weight excluding hydrogens is 430 g/mol. The number of hydrogen-bond donors (Lipinski definition) is 1. The molecule has 34 heavy (non-hydrogen) atoms. The van der Waals surface area contributed by atoms with Crippen molar-refractivity contribution in [3.63, 3.8) is 0 Å². The Hall–Kier alpha value is -4.27. The van der Waals surface area contributed by atoms with E-state index >= 15 is 0 Å². The lowest BCUT2D eigenvalue weighted by Gasteiger charge is -2.28. The second kappa shape index (κ2) is 7.38. The number of aromatic nitrogens is 5. The van der Waals surface area contributed by atoms with Crippen molar-refractivity contribution in [1.82, 2.24) is 24.6 Å². The van der Waals surface area contributed by atoms with E-state index in [1.54, 1.807) is 6.20 Å². The minimum atomic E-state index is -0.163. The second-order valence-corrected chi connectivity index (χ2v) is 8.74. The van der Waals surface area contributed by atoms with Crippen LogP contribution in [-0.2, 0) is 13.0 Å². The van der Waals surface area contributed by atoms with Crippen LogP contribution in [0.3, 0.4) is 0 Å². The first-order chi connectivity index (χ1) is 16.4. The molecule has 0 bridgehead atoms. The van der Waals surface area contributed by atoms with Gasteiger partial charge in [-0.25, -0.2) is 9.97 Å². The second-order valence-electron chi connectivity index (χ2n) is 8.74. The average Bonchev–Trinajstić information content (AvgIpc) is 3.40. The fourth-order valence-electron chi connectivity index (χ4n) is 4.68. The molecule has 0 saturated carbocycles. The third kappa shape index (κ3) is 3.12. The number of fused-ring (bicyclic) bond motifs is 3. The molecule has 0 fully saturated rings. The maximum Gasteiger partial charge on any atom is 0.191 e. The SMILES string of the molecule is CC(=O)c1c(N2CCc3oc(C)nc3C2)nc2c(-c3cnc4ccc(C)cc4c3)cnn2c1N. The number of aryl methyl sites for hydroxylation is 2. The lowest BCUT2D eigenvalue weighted by molar-refractivity contribution is 0.101. The molecule has 0 saturated heterocycles. The normalized spacial score (nSPS) is 13.6. The molecule has 170 valence electrons. The number of anilines is 2. The summed E-state index contributed by atoms with van der Waals surface area (Å²) in [6, 6.07) is 8.23. The Kier molecular flexibility index (Phi) is 4.41. The molecule has 1 aromatic carbocycles. The van der Waals surface area contributed by atoms with Crippen molar-refractivity contribution in [1.29, 1.82) is 0 Å². The van der Waals surface area contributed by atoms with Crippen molar-refractivity contribution in [2.75, 3.05) is 17.2 Å². The van der Waals surface area contributed by atoms with Gasteiger partial charge in [-0.1, -0.05) is 11.6 Å². The van der Waals surface area contributed by atoms with Crippen LogP contribution in [0.15, 0.2) is 41.1 Å². The van der Waals surface area contributed by atoms with Gasteiger partial charge in [-0.3, -0.25) is 9.78 Å². The molecule has 0 spiro atoms. The summed E-state index contributed by atoms with van der Waals surface area (Å²) in [7, 11) is 0. The van der Waals surface area contributed by atoms with Gasteiger partial charge in [0.15, 0.2) is 17.3 Å². The molecule has 5 heterocycles. The molecule has 0 aliphatic carbocycles. The minimum absolute atomic E-state index is 0.163. The highest BCUT2D eigenvalue weighted by Crippen LogP contribution is 2.34. The van der Waals surface area contributed by atoms with Gasteiger partial charge in [0, 0.05) is 42.6 Å². The first-order valence-corrected chi connectivity index (χ1v) is 11.1. The number of benzene rings is 1. The number of Topliss-reactive ketones (excluding diaryl/α,β-unsaturated/α-hetero) is 1. The fraction of sp³-hybridized carbons (Fsp3) is 0.240. The van der Waals surface area contributed by atoms with Crippen molar-refractivity contribution in [2.45, 2.75) is 33.7 Å². The van der Waals surface area contributed by atoms with Crippen LogP contribution >= 0.6 is 0 Å². The Balaban J connectivity index is 1.53. The summed E-state index contributed by atoms with van der Waals surface area (Å²) in [5, 5.41) is 5.50. The van der Waals surface area contributed by atoms with Crippen molar-refractivity contribution >= 4 is 34.0 Å². The molecule has 0 amide bonds. The van der Waals surface area contributed by atoms with E-state index in [0.717, 1.165) is 39.0 Å². The maximum absolute atomic E-state index is 12.6. The summed E-state index contributed by atoms with van der Waals surface area (Å²) in [4.78, 5) is 28.7. The highest BCUT2D eigenvalue weighted by atomic mass is 16.4. The zero-order valence-electron chi connectivity index (χ0n) is 19.2. The van der Waals surface area contributed by atoms with E-state index in [0.29, 0.717) is 42.4 Å². The smallest absolute Gasteiger partial charge is 0.191 e. The van der Waals surface area contributed by atoms with Gasteiger partial charge in [-0.05, 0) is 32.0 Å². The first-order valence-electron chi connectivity index (χ1n) is 11.1. The van der Waals surface area contributed by atoms with E-state index in [-0.39, 0.29) is 11.6 Å². The molecule has 0 radical (unpaired) electrons. The summed E-state index contributed by atoms with van der Waals surface area (Å²) in [5.74, 6) is 2.16. The molecule has 6 rings (SSSR count). The standard InChI is InChI=1S/C25H23N7O2/c1-13-4-5-19-16(8-13)9-17(10-27-19)18-11-28-32-23(26)22(14(2)33)25(30-24(18)32)31-7-6-21-20(12-31)29-15(3)34-21/h4-5,8-11H,6-7,12,26H2,1-3H3. The maximum atomic E-state index is 12.6. The van der Waals surface area contributed by atoms with E-state index in [1.807, 2.05) is 30.2 Å². The molecule has 1 aliphatic heterocycles. The molecule has 9 heteroatoms. The summed E-state index contributed by atoms with van der Waals surface area (Å²) < 4.78 is 7.23. The number of rotatable bonds is 3. The Morgan fingerprint density at radius 1 is 1.15 bits per heavy atom. The highest BCUT2D eigenvalue weighted by Gasteiger charge is 2.28. The van der Waals surface area contributed by atoms with Crippen molar-refractivity contribution < 1.29 is 9.21 Å². The van der Waals surface area contributed by atoms with Crippen LogP contribution in [0, 0.1) is 13.8 Å². The molecule has 0 unspecified atom stereocenters. The zero-order valence-corrected chi connectivity index (χ0v) is 19.2. The molecule has 9 nitrogen and oxygen atoms in total. The summed E-state index contributed by atoms with van der Waals surface area (Å²) in [6.45, 7) is 6.53. The third-order valence-corrected chi connectivity index (χ3v) is 6.30. The Bertz CT molecular complexity index is 1620. The Labute approximate surface area is 195 Å². The Morgan fingerprint density at radius 2 is 2.00 bits per heavy atom. The van der Waals surface area contributed by atoms with E-state index in [2.05, 4.69) is 34.1 Å². The van der Waals surface area contributed by atoms with Gasteiger partial charge in [-0.2, -0.15) is 9.61 Å². The van der Waals surface area contributed by atoms with Crippen LogP contribution in [0.25, 0.3) is 27.7 Å². The quantitative estimate of drug-likeness (QED) is 0.409. The molecule has 2 N–H and O–H groups in total. The van der Waals surface area contributed by atoms with Crippen molar-refractivity contribution in [3.8, 4) is 11.1 Å². The summed E-state index contributed by atoms with van der Waals surface area (Å²) in [5.41, 5.74) is 12.1. The van der Waals surface area contributed by atoms with E-state index in [4.69, 9.17) is 15.1 Å². The van der Waals surface area contributed by atoms with Gasteiger partial charge < -0.3 is 15.1 Å². The summed E-state index contributed by atoms with van der Waals surface area (Å²) >= 11 is 0. The molecule has 5 aromatic rings. The van der Waals surface area contributed by atoms with E-state index in [1.165, 1.54) is 11.4 Å². The molecule has 0 atom stereocenters. The topological polar surface area (TPSA) is 115 Å². The van der Waals surface area contributed by atoms with Crippen LogP contribution in [0.1, 0.15) is 40.2 Å². The Morgan fingerprint density at radius 3 is 2.82 bits per heavy atom. The lowest BCUT2D eigenvalue weighted by atomic mass is 10.1. The number of nitrogen functional groups attached to an aromatic ring is 1. The monoisotopic (exact) mass is 453 g/mol. The van der Waals surface area contributed by atoms with Gasteiger partial charge in [0.1, 0.15) is 28.7 Å². The fourth-order valence-corrected chi connectivity index (χ4v) is 4.68. The van der Waals surface area contributed by atoms with Gasteiger partial charge in [-0.15, -0.1) is 0 Å². The van der Waals surface area contributed by atoms with Gasteiger partial charge in [0.2, 0.25) is 0 Å². The predicted octanol–water partition coefficient (Wildman–Crippen LogP) is 3.90. The van der Waals surface area contributed by atoms with Crippen LogP contribution in [0.4, 0.5) is 11.6 Å². The highest BCUT2D eigenvalue weighted by molar-refractivity contribution is 6.04. The van der Waals surface area contributed by atoms with Crippen LogP contribution in [0.5, 0.6) is 0 Å². The summed E-state index contributed by atoms with van der Waals surface area (Å²) in [6.07, 6.45) is 4.22. The number of pyridine rings is 1. The number of oxazole rings is 1. The average molecular weight is 454 g/mol. The number of hydrogen-bond acceptors (Lipinski definition) is 8. The van der Waals surface area contributed by atoms with E-state index in [9.17, 15) is 4.79 Å². The molecule has 4 aromatic heterocycles. The van der Waals surface area contributed by atoms with Crippen LogP contribution in [-0.4, -0.2) is 36.9 Å². The largest absolute Gasteiger partial charge is 0.446 e.